The lowest BCUT2D eigenvalue weighted by atomic mass is 10.1. The molecule has 0 aromatic heterocycles. The van der Waals surface area contributed by atoms with Crippen molar-refractivity contribution in [3.8, 4) is 5.75 Å². The molecule has 9 heteroatoms. The highest BCUT2D eigenvalue weighted by Crippen LogP contribution is 2.11. The number of aryl methyl sites for hydroxylation is 1. The van der Waals surface area contributed by atoms with E-state index in [0.29, 0.717) is 25.7 Å². The van der Waals surface area contributed by atoms with E-state index in [4.69, 9.17) is 4.74 Å². The Labute approximate surface area is 190 Å². The van der Waals surface area contributed by atoms with Crippen LogP contribution >= 0.6 is 24.0 Å². The van der Waals surface area contributed by atoms with Crippen LogP contribution in [-0.2, 0) is 22.3 Å². The van der Waals surface area contributed by atoms with Crippen molar-refractivity contribution < 1.29 is 13.2 Å². The minimum absolute atomic E-state index is 0. The van der Waals surface area contributed by atoms with Crippen LogP contribution in [0.4, 0.5) is 0 Å². The number of benzene rings is 2. The zero-order valence-corrected chi connectivity index (χ0v) is 20.1. The van der Waals surface area contributed by atoms with Crippen molar-refractivity contribution in [3.05, 3.63) is 65.2 Å². The quantitative estimate of drug-likeness (QED) is 0.200. The summed E-state index contributed by atoms with van der Waals surface area (Å²) in [6.45, 7) is 3.69. The summed E-state index contributed by atoms with van der Waals surface area (Å²) < 4.78 is 31.4. The van der Waals surface area contributed by atoms with Crippen molar-refractivity contribution in [3.63, 3.8) is 0 Å². The number of hydrogen-bond acceptors (Lipinski definition) is 4. The van der Waals surface area contributed by atoms with Gasteiger partial charge in [-0.05, 0) is 37.2 Å². The van der Waals surface area contributed by atoms with Crippen molar-refractivity contribution in [1.29, 1.82) is 0 Å². The molecule has 0 aliphatic carbocycles. The molecule has 0 bridgehead atoms. The van der Waals surface area contributed by atoms with Gasteiger partial charge in [0.25, 0.3) is 0 Å². The third kappa shape index (κ3) is 9.46. The first-order valence-corrected chi connectivity index (χ1v) is 10.7. The molecule has 0 unspecified atom stereocenters. The van der Waals surface area contributed by atoms with E-state index in [1.807, 2.05) is 49.4 Å². The third-order valence-electron chi connectivity index (χ3n) is 4.03. The van der Waals surface area contributed by atoms with E-state index >= 15 is 0 Å². The average Bonchev–Trinajstić information content (AvgIpc) is 2.69. The Hall–Kier alpha value is -1.85. The molecular formula is C20H29IN4O3S. The van der Waals surface area contributed by atoms with Crippen LogP contribution < -0.4 is 20.1 Å². The summed E-state index contributed by atoms with van der Waals surface area (Å²) in [5, 5.41) is 6.41. The Balaban J connectivity index is 0.00000420. The molecule has 0 fully saturated rings. The van der Waals surface area contributed by atoms with Crippen LogP contribution in [0.1, 0.15) is 16.7 Å². The fourth-order valence-corrected chi connectivity index (χ4v) is 3.26. The minimum atomic E-state index is -3.29. The van der Waals surface area contributed by atoms with E-state index in [0.717, 1.165) is 16.9 Å². The molecular weight excluding hydrogens is 503 g/mol. The first-order chi connectivity index (χ1) is 13.4. The van der Waals surface area contributed by atoms with Gasteiger partial charge >= 0.3 is 0 Å². The van der Waals surface area contributed by atoms with Crippen LogP contribution in [0.3, 0.4) is 0 Å². The molecule has 0 heterocycles. The molecule has 0 amide bonds. The van der Waals surface area contributed by atoms with Gasteiger partial charge < -0.3 is 15.4 Å². The number of sulfonamides is 1. The van der Waals surface area contributed by atoms with Crippen LogP contribution in [0.15, 0.2) is 53.5 Å². The molecule has 0 aliphatic heterocycles. The Morgan fingerprint density at radius 3 is 2.41 bits per heavy atom. The highest BCUT2D eigenvalue weighted by Gasteiger charge is 2.09. The maximum absolute atomic E-state index is 11.7. The second kappa shape index (κ2) is 12.7. The summed E-state index contributed by atoms with van der Waals surface area (Å²) in [5.41, 5.74) is 2.91. The maximum atomic E-state index is 11.7. The maximum Gasteiger partial charge on any atom is 0.215 e. The molecule has 0 saturated heterocycles. The van der Waals surface area contributed by atoms with Crippen molar-refractivity contribution in [1.82, 2.24) is 15.4 Å². The lowest BCUT2D eigenvalue weighted by molar-refractivity contribution is 0.322. The molecule has 0 aliphatic rings. The number of hydrogen-bond donors (Lipinski definition) is 3. The SMILES string of the molecule is CN=C(NCCOc1ccc(C)cc1)NCc1cccc(CS(=O)(=O)NC)c1.I. The van der Waals surface area contributed by atoms with Gasteiger partial charge in [0.15, 0.2) is 5.96 Å². The number of nitrogens with zero attached hydrogens (tertiary/aromatic N) is 1. The summed E-state index contributed by atoms with van der Waals surface area (Å²) >= 11 is 0. The standard InChI is InChI=1S/C20H28N4O3S.HI/c1-16-7-9-19(10-8-16)27-12-11-23-20(21-2)24-14-17-5-4-6-18(13-17)15-28(25,26)22-3;/h4-10,13,22H,11-12,14-15H2,1-3H3,(H2,21,23,24);1H. The molecule has 7 nitrogen and oxygen atoms in total. The molecule has 0 saturated carbocycles. The molecule has 2 aromatic rings. The van der Waals surface area contributed by atoms with Gasteiger partial charge in [-0.3, -0.25) is 4.99 Å². The molecule has 3 N–H and O–H groups in total. The minimum Gasteiger partial charge on any atom is -0.492 e. The highest BCUT2D eigenvalue weighted by atomic mass is 127. The smallest absolute Gasteiger partial charge is 0.215 e. The van der Waals surface area contributed by atoms with Gasteiger partial charge in [-0.15, -0.1) is 24.0 Å². The van der Waals surface area contributed by atoms with Gasteiger partial charge in [-0.2, -0.15) is 0 Å². The summed E-state index contributed by atoms with van der Waals surface area (Å²) in [7, 11) is -0.170. The monoisotopic (exact) mass is 532 g/mol. The number of halogens is 1. The number of aliphatic imine (C=N–C) groups is 1. The Morgan fingerprint density at radius 2 is 1.76 bits per heavy atom. The van der Waals surface area contributed by atoms with E-state index in [1.54, 1.807) is 13.1 Å². The predicted molar refractivity (Wildman–Crippen MR) is 128 cm³/mol. The number of ether oxygens (including phenoxy) is 1. The average molecular weight is 532 g/mol. The third-order valence-corrected chi connectivity index (χ3v) is 5.36. The molecule has 29 heavy (non-hydrogen) atoms. The molecule has 2 aromatic carbocycles. The fourth-order valence-electron chi connectivity index (χ4n) is 2.50. The van der Waals surface area contributed by atoms with E-state index in [2.05, 4.69) is 20.3 Å². The Morgan fingerprint density at radius 1 is 1.07 bits per heavy atom. The van der Waals surface area contributed by atoms with Crippen LogP contribution in [0.25, 0.3) is 0 Å². The van der Waals surface area contributed by atoms with Gasteiger partial charge in [-0.25, -0.2) is 13.1 Å². The first kappa shape index (κ1) is 25.2. The van der Waals surface area contributed by atoms with E-state index in [9.17, 15) is 8.42 Å². The largest absolute Gasteiger partial charge is 0.492 e. The Bertz CT molecular complexity index is 887. The number of rotatable bonds is 9. The lowest BCUT2D eigenvalue weighted by Crippen LogP contribution is -2.38. The van der Waals surface area contributed by atoms with E-state index in [1.165, 1.54) is 12.6 Å². The van der Waals surface area contributed by atoms with Gasteiger partial charge in [0.1, 0.15) is 12.4 Å². The summed E-state index contributed by atoms with van der Waals surface area (Å²) in [5.74, 6) is 1.45. The topological polar surface area (TPSA) is 91.8 Å². The van der Waals surface area contributed by atoms with Crippen molar-refractivity contribution in [2.24, 2.45) is 4.99 Å². The normalized spacial score (nSPS) is 11.5. The number of guanidine groups is 1. The Kier molecular flexibility index (Phi) is 11.0. The second-order valence-electron chi connectivity index (χ2n) is 6.30. The van der Waals surface area contributed by atoms with Gasteiger partial charge in [0.05, 0.1) is 12.3 Å². The molecule has 0 spiro atoms. The van der Waals surface area contributed by atoms with Crippen LogP contribution in [0.2, 0.25) is 0 Å². The fraction of sp³-hybridized carbons (Fsp3) is 0.350. The van der Waals surface area contributed by atoms with Crippen molar-refractivity contribution >= 4 is 40.0 Å². The predicted octanol–water partition coefficient (Wildman–Crippen LogP) is 2.41. The lowest BCUT2D eigenvalue weighted by Gasteiger charge is -2.13. The highest BCUT2D eigenvalue weighted by molar-refractivity contribution is 14.0. The summed E-state index contributed by atoms with van der Waals surface area (Å²) in [6, 6.07) is 15.4. The van der Waals surface area contributed by atoms with Gasteiger partial charge in [0, 0.05) is 13.6 Å². The second-order valence-corrected chi connectivity index (χ2v) is 8.22. The van der Waals surface area contributed by atoms with Gasteiger partial charge in [0.2, 0.25) is 10.0 Å². The van der Waals surface area contributed by atoms with Gasteiger partial charge in [-0.1, -0.05) is 42.0 Å². The van der Waals surface area contributed by atoms with E-state index < -0.39 is 10.0 Å². The van der Waals surface area contributed by atoms with E-state index in [-0.39, 0.29) is 29.7 Å². The summed E-state index contributed by atoms with van der Waals surface area (Å²) in [4.78, 5) is 4.19. The first-order valence-electron chi connectivity index (χ1n) is 9.05. The number of nitrogens with one attached hydrogen (secondary N) is 3. The molecule has 0 atom stereocenters. The molecule has 2 rings (SSSR count). The zero-order chi connectivity index (χ0) is 20.4. The van der Waals surface area contributed by atoms with Crippen LogP contribution in [-0.4, -0.2) is 41.6 Å². The van der Waals surface area contributed by atoms with Crippen LogP contribution in [0, 0.1) is 6.92 Å². The van der Waals surface area contributed by atoms with Crippen LogP contribution in [0.5, 0.6) is 5.75 Å². The summed E-state index contributed by atoms with van der Waals surface area (Å²) in [6.07, 6.45) is 0. The van der Waals surface area contributed by atoms with Crippen molar-refractivity contribution in [2.45, 2.75) is 19.2 Å². The zero-order valence-electron chi connectivity index (χ0n) is 16.9. The molecule has 0 radical (unpaired) electrons. The molecule has 160 valence electrons. The van der Waals surface area contributed by atoms with Crippen molar-refractivity contribution in [2.75, 3.05) is 27.2 Å².